The highest BCUT2D eigenvalue weighted by Crippen LogP contribution is 2.26. The fraction of sp³-hybridized carbons (Fsp3) is 0.188. The fourth-order valence-electron chi connectivity index (χ4n) is 2.16. The van der Waals surface area contributed by atoms with Crippen LogP contribution in [0, 0.1) is 0 Å². The standard InChI is InChI=1S/C16H17ClN2OS/c1-19(10-11-4-3-5-13(8-11)20-2)15-9-12(17)6-7-14(15)16(18)21/h3-9H,10H2,1-2H3,(H2,18,21). The molecule has 2 N–H and O–H groups in total. The Labute approximate surface area is 135 Å². The van der Waals surface area contributed by atoms with Gasteiger partial charge in [-0.05, 0) is 35.9 Å². The van der Waals surface area contributed by atoms with Crippen LogP contribution in [0.25, 0.3) is 0 Å². The van der Waals surface area contributed by atoms with Crippen LogP contribution in [0.4, 0.5) is 5.69 Å². The van der Waals surface area contributed by atoms with Crippen molar-refractivity contribution in [2.24, 2.45) is 5.73 Å². The Balaban J connectivity index is 2.29. The van der Waals surface area contributed by atoms with Gasteiger partial charge in [0.05, 0.1) is 7.11 Å². The number of anilines is 1. The van der Waals surface area contributed by atoms with Crippen LogP contribution in [0.15, 0.2) is 42.5 Å². The van der Waals surface area contributed by atoms with Gasteiger partial charge in [-0.1, -0.05) is 36.0 Å². The smallest absolute Gasteiger partial charge is 0.119 e. The number of rotatable bonds is 5. The van der Waals surface area contributed by atoms with Crippen molar-refractivity contribution in [1.29, 1.82) is 0 Å². The van der Waals surface area contributed by atoms with E-state index in [0.29, 0.717) is 16.6 Å². The van der Waals surface area contributed by atoms with E-state index < -0.39 is 0 Å². The van der Waals surface area contributed by atoms with E-state index in [1.54, 1.807) is 13.2 Å². The zero-order chi connectivity index (χ0) is 15.4. The highest BCUT2D eigenvalue weighted by Gasteiger charge is 2.11. The van der Waals surface area contributed by atoms with Crippen LogP contribution in [0.5, 0.6) is 5.75 Å². The number of thiocarbonyl (C=S) groups is 1. The van der Waals surface area contributed by atoms with Gasteiger partial charge in [-0.25, -0.2) is 0 Å². The maximum absolute atomic E-state index is 6.09. The van der Waals surface area contributed by atoms with E-state index in [2.05, 4.69) is 4.90 Å². The van der Waals surface area contributed by atoms with Gasteiger partial charge in [0.15, 0.2) is 0 Å². The topological polar surface area (TPSA) is 38.5 Å². The minimum atomic E-state index is 0.360. The van der Waals surface area contributed by atoms with Gasteiger partial charge in [0.2, 0.25) is 0 Å². The monoisotopic (exact) mass is 320 g/mol. The van der Waals surface area contributed by atoms with Gasteiger partial charge in [0.25, 0.3) is 0 Å². The summed E-state index contributed by atoms with van der Waals surface area (Å²) in [5.41, 5.74) is 8.65. The van der Waals surface area contributed by atoms with Gasteiger partial charge < -0.3 is 15.4 Å². The number of methoxy groups -OCH3 is 1. The third-order valence-electron chi connectivity index (χ3n) is 3.19. The van der Waals surface area contributed by atoms with Crippen molar-refractivity contribution < 1.29 is 4.74 Å². The lowest BCUT2D eigenvalue weighted by Gasteiger charge is -2.23. The molecule has 0 amide bonds. The Morgan fingerprint density at radius 3 is 2.71 bits per heavy atom. The first-order valence-corrected chi connectivity index (χ1v) is 7.23. The quantitative estimate of drug-likeness (QED) is 0.854. The highest BCUT2D eigenvalue weighted by atomic mass is 35.5. The first kappa shape index (κ1) is 15.6. The van der Waals surface area contributed by atoms with E-state index in [-0.39, 0.29) is 0 Å². The predicted octanol–water partition coefficient (Wildman–Crippen LogP) is 3.62. The Kier molecular flexibility index (Phi) is 5.04. The lowest BCUT2D eigenvalue weighted by Crippen LogP contribution is -2.21. The molecule has 0 atom stereocenters. The van der Waals surface area contributed by atoms with E-state index in [4.69, 9.17) is 34.3 Å². The van der Waals surface area contributed by atoms with Crippen LogP contribution < -0.4 is 15.4 Å². The maximum Gasteiger partial charge on any atom is 0.119 e. The summed E-state index contributed by atoms with van der Waals surface area (Å²) in [5, 5.41) is 0.655. The summed E-state index contributed by atoms with van der Waals surface area (Å²) in [4.78, 5) is 2.42. The first-order valence-electron chi connectivity index (χ1n) is 6.44. The fourth-order valence-corrected chi connectivity index (χ4v) is 2.50. The molecule has 0 unspecified atom stereocenters. The Bertz CT molecular complexity index is 660. The molecule has 5 heteroatoms. The lowest BCUT2D eigenvalue weighted by atomic mass is 10.1. The molecule has 0 saturated heterocycles. The summed E-state index contributed by atoms with van der Waals surface area (Å²) in [6.45, 7) is 0.702. The summed E-state index contributed by atoms with van der Waals surface area (Å²) in [7, 11) is 3.64. The van der Waals surface area contributed by atoms with Crippen LogP contribution in [0.2, 0.25) is 5.02 Å². The molecule has 110 valence electrons. The van der Waals surface area contributed by atoms with Gasteiger partial charge in [0, 0.05) is 29.9 Å². The van der Waals surface area contributed by atoms with Crippen LogP contribution in [0.3, 0.4) is 0 Å². The van der Waals surface area contributed by atoms with Crippen molar-refractivity contribution in [1.82, 2.24) is 0 Å². The Hall–Kier alpha value is -1.78. The van der Waals surface area contributed by atoms with Gasteiger partial charge in [-0.15, -0.1) is 0 Å². The first-order chi connectivity index (χ1) is 10.0. The van der Waals surface area contributed by atoms with Crippen LogP contribution in [-0.4, -0.2) is 19.1 Å². The van der Waals surface area contributed by atoms with Gasteiger partial charge in [-0.3, -0.25) is 0 Å². The summed E-state index contributed by atoms with van der Waals surface area (Å²) in [6, 6.07) is 13.4. The molecule has 0 spiro atoms. The number of ether oxygens (including phenoxy) is 1. The molecule has 3 nitrogen and oxygen atoms in total. The predicted molar refractivity (Wildman–Crippen MR) is 92.4 cm³/mol. The molecule has 0 fully saturated rings. The molecule has 0 bridgehead atoms. The lowest BCUT2D eigenvalue weighted by molar-refractivity contribution is 0.414. The molecule has 0 radical (unpaired) electrons. The van der Waals surface area contributed by atoms with E-state index in [0.717, 1.165) is 22.6 Å². The normalized spacial score (nSPS) is 10.2. The number of hydrogen-bond acceptors (Lipinski definition) is 3. The molecule has 2 aromatic carbocycles. The zero-order valence-electron chi connectivity index (χ0n) is 12.0. The molecular weight excluding hydrogens is 304 g/mol. The largest absolute Gasteiger partial charge is 0.497 e. The summed E-state index contributed by atoms with van der Waals surface area (Å²) in [6.07, 6.45) is 0. The van der Waals surface area contributed by atoms with Crippen LogP contribution in [-0.2, 0) is 6.54 Å². The second-order valence-corrected chi connectivity index (χ2v) is 5.61. The van der Waals surface area contributed by atoms with Crippen molar-refractivity contribution in [2.45, 2.75) is 6.54 Å². The number of hydrogen-bond donors (Lipinski definition) is 1. The minimum absolute atomic E-state index is 0.360. The van der Waals surface area contributed by atoms with Crippen molar-refractivity contribution >= 4 is 34.5 Å². The molecular formula is C16H17ClN2OS. The molecule has 2 aromatic rings. The highest BCUT2D eigenvalue weighted by molar-refractivity contribution is 7.80. The molecule has 0 aliphatic carbocycles. The molecule has 0 aliphatic heterocycles. The minimum Gasteiger partial charge on any atom is -0.497 e. The number of benzene rings is 2. The van der Waals surface area contributed by atoms with Gasteiger partial charge >= 0.3 is 0 Å². The van der Waals surface area contributed by atoms with Crippen molar-refractivity contribution in [3.05, 3.63) is 58.6 Å². The Morgan fingerprint density at radius 2 is 2.05 bits per heavy atom. The molecule has 21 heavy (non-hydrogen) atoms. The molecule has 0 aromatic heterocycles. The summed E-state index contributed by atoms with van der Waals surface area (Å²) < 4.78 is 5.24. The average Bonchev–Trinajstić information content (AvgIpc) is 2.47. The number of nitrogens with two attached hydrogens (primary N) is 1. The zero-order valence-corrected chi connectivity index (χ0v) is 13.5. The van der Waals surface area contributed by atoms with Crippen LogP contribution in [0.1, 0.15) is 11.1 Å². The van der Waals surface area contributed by atoms with Gasteiger partial charge in [-0.2, -0.15) is 0 Å². The summed E-state index contributed by atoms with van der Waals surface area (Å²) >= 11 is 11.2. The van der Waals surface area contributed by atoms with Gasteiger partial charge in [0.1, 0.15) is 10.7 Å². The second-order valence-electron chi connectivity index (χ2n) is 4.73. The Morgan fingerprint density at radius 1 is 1.29 bits per heavy atom. The van der Waals surface area contributed by atoms with E-state index in [1.807, 2.05) is 43.4 Å². The van der Waals surface area contributed by atoms with Crippen LogP contribution >= 0.6 is 23.8 Å². The molecule has 2 rings (SSSR count). The van der Waals surface area contributed by atoms with Crippen molar-refractivity contribution in [3.8, 4) is 5.75 Å². The van der Waals surface area contributed by atoms with Crippen molar-refractivity contribution in [3.63, 3.8) is 0 Å². The molecule has 0 saturated carbocycles. The van der Waals surface area contributed by atoms with E-state index in [1.165, 1.54) is 0 Å². The maximum atomic E-state index is 6.09. The van der Waals surface area contributed by atoms with Crippen molar-refractivity contribution in [2.75, 3.05) is 19.1 Å². The van der Waals surface area contributed by atoms with E-state index in [9.17, 15) is 0 Å². The summed E-state index contributed by atoms with van der Waals surface area (Å²) in [5.74, 6) is 0.835. The molecule has 0 heterocycles. The molecule has 0 aliphatic rings. The second kappa shape index (κ2) is 6.78. The van der Waals surface area contributed by atoms with E-state index >= 15 is 0 Å². The third kappa shape index (κ3) is 3.86. The third-order valence-corrected chi connectivity index (χ3v) is 3.65. The number of halogens is 1. The SMILES string of the molecule is COc1cccc(CN(C)c2cc(Cl)ccc2C(N)=S)c1. The average molecular weight is 321 g/mol. The number of nitrogens with zero attached hydrogens (tertiary/aromatic N) is 1.